The van der Waals surface area contributed by atoms with Crippen LogP contribution in [0.25, 0.3) is 10.9 Å². The molecule has 0 aliphatic carbocycles. The molecule has 1 N–H and O–H groups in total. The summed E-state index contributed by atoms with van der Waals surface area (Å²) >= 11 is 0. The molecule has 0 atom stereocenters. The molecular weight excluding hydrogens is 350 g/mol. The predicted molar refractivity (Wildman–Crippen MR) is 111 cm³/mol. The van der Waals surface area contributed by atoms with Gasteiger partial charge >= 0.3 is 0 Å². The third-order valence-electron chi connectivity index (χ3n) is 6.52. The molecule has 1 aromatic heterocycles. The van der Waals surface area contributed by atoms with Crippen LogP contribution in [0.1, 0.15) is 51.0 Å². The highest BCUT2D eigenvalue weighted by atomic mass is 16.2. The van der Waals surface area contributed by atoms with Crippen LogP contribution in [-0.2, 0) is 9.59 Å². The summed E-state index contributed by atoms with van der Waals surface area (Å²) in [6.45, 7) is 7.01. The minimum atomic E-state index is 0.0378. The minimum absolute atomic E-state index is 0.0378. The Morgan fingerprint density at radius 3 is 2.29 bits per heavy atom. The number of nitrogens with zero attached hydrogens (tertiary/aromatic N) is 2. The van der Waals surface area contributed by atoms with E-state index in [4.69, 9.17) is 0 Å². The fourth-order valence-corrected chi connectivity index (χ4v) is 4.81. The average Bonchev–Trinajstić information content (AvgIpc) is 3.17. The Balaban J connectivity index is 1.32. The first-order chi connectivity index (χ1) is 13.5. The summed E-state index contributed by atoms with van der Waals surface area (Å²) in [7, 11) is 0. The van der Waals surface area contributed by atoms with E-state index in [1.807, 2.05) is 18.7 Å². The number of para-hydroxylation sites is 1. The number of fused-ring (bicyclic) bond motifs is 1. The molecule has 2 amide bonds. The molecule has 1 aromatic carbocycles. The first kappa shape index (κ1) is 19.0. The van der Waals surface area contributed by atoms with Crippen LogP contribution < -0.4 is 0 Å². The van der Waals surface area contributed by atoms with Gasteiger partial charge in [-0.2, -0.15) is 0 Å². The second-order valence-electron chi connectivity index (χ2n) is 8.64. The molecule has 5 heteroatoms. The standard InChI is InChI=1S/C23H31N3O2/c1-16(2)22(27)25-13-9-18(10-14-25)23(28)26-11-7-17(8-12-26)20-15-24-21-6-4-3-5-19(20)21/h3-6,15-18,24H,7-14H2,1-2H3. The third-order valence-corrected chi connectivity index (χ3v) is 6.52. The Morgan fingerprint density at radius 1 is 0.964 bits per heavy atom. The van der Waals surface area contributed by atoms with E-state index in [1.54, 1.807) is 0 Å². The summed E-state index contributed by atoms with van der Waals surface area (Å²) in [6, 6.07) is 8.46. The summed E-state index contributed by atoms with van der Waals surface area (Å²) in [5.41, 5.74) is 2.59. The van der Waals surface area contributed by atoms with E-state index in [9.17, 15) is 9.59 Å². The van der Waals surface area contributed by atoms with Crippen LogP contribution in [0, 0.1) is 11.8 Å². The van der Waals surface area contributed by atoms with Gasteiger partial charge in [0, 0.05) is 55.1 Å². The highest BCUT2D eigenvalue weighted by molar-refractivity contribution is 5.84. The molecule has 2 fully saturated rings. The first-order valence-electron chi connectivity index (χ1n) is 10.7. The number of benzene rings is 1. The number of piperidine rings is 2. The number of rotatable bonds is 3. The summed E-state index contributed by atoms with van der Waals surface area (Å²) in [5.74, 6) is 1.15. The van der Waals surface area contributed by atoms with Gasteiger partial charge in [-0.25, -0.2) is 0 Å². The zero-order valence-corrected chi connectivity index (χ0v) is 17.0. The van der Waals surface area contributed by atoms with Gasteiger partial charge in [0.2, 0.25) is 11.8 Å². The number of H-pyrrole nitrogens is 1. The molecule has 0 bridgehead atoms. The maximum Gasteiger partial charge on any atom is 0.225 e. The zero-order chi connectivity index (χ0) is 19.7. The largest absolute Gasteiger partial charge is 0.361 e. The van der Waals surface area contributed by atoms with Crippen molar-refractivity contribution in [2.24, 2.45) is 11.8 Å². The normalized spacial score (nSPS) is 19.5. The lowest BCUT2D eigenvalue weighted by atomic mass is 9.87. The van der Waals surface area contributed by atoms with Crippen molar-refractivity contribution in [3.05, 3.63) is 36.0 Å². The number of hydrogen-bond acceptors (Lipinski definition) is 2. The van der Waals surface area contributed by atoms with E-state index in [2.05, 4.69) is 40.3 Å². The van der Waals surface area contributed by atoms with Crippen LogP contribution in [0.5, 0.6) is 0 Å². The smallest absolute Gasteiger partial charge is 0.225 e. The van der Waals surface area contributed by atoms with E-state index < -0.39 is 0 Å². The fourth-order valence-electron chi connectivity index (χ4n) is 4.81. The van der Waals surface area contributed by atoms with Gasteiger partial charge in [-0.3, -0.25) is 9.59 Å². The molecule has 4 rings (SSSR count). The van der Waals surface area contributed by atoms with E-state index in [-0.39, 0.29) is 17.7 Å². The summed E-state index contributed by atoms with van der Waals surface area (Å²) < 4.78 is 0. The SMILES string of the molecule is CC(C)C(=O)N1CCC(C(=O)N2CCC(c3c[nH]c4ccccc34)CC2)CC1. The Labute approximate surface area is 167 Å². The Morgan fingerprint density at radius 2 is 1.61 bits per heavy atom. The molecule has 2 aliphatic rings. The van der Waals surface area contributed by atoms with Gasteiger partial charge in [0.05, 0.1) is 0 Å². The highest BCUT2D eigenvalue weighted by Crippen LogP contribution is 2.34. The quantitative estimate of drug-likeness (QED) is 0.880. The van der Waals surface area contributed by atoms with Gasteiger partial charge in [0.1, 0.15) is 0 Å². The fraction of sp³-hybridized carbons (Fsp3) is 0.565. The monoisotopic (exact) mass is 381 g/mol. The van der Waals surface area contributed by atoms with Crippen molar-refractivity contribution in [1.29, 1.82) is 0 Å². The first-order valence-corrected chi connectivity index (χ1v) is 10.7. The van der Waals surface area contributed by atoms with E-state index in [1.165, 1.54) is 16.5 Å². The molecule has 0 radical (unpaired) electrons. The number of hydrogen-bond donors (Lipinski definition) is 1. The number of aromatic nitrogens is 1. The average molecular weight is 382 g/mol. The lowest BCUT2D eigenvalue weighted by Crippen LogP contribution is -2.47. The van der Waals surface area contributed by atoms with E-state index in [0.29, 0.717) is 11.8 Å². The van der Waals surface area contributed by atoms with Crippen molar-refractivity contribution in [1.82, 2.24) is 14.8 Å². The molecular formula is C23H31N3O2. The van der Waals surface area contributed by atoms with Crippen LogP contribution in [-0.4, -0.2) is 52.8 Å². The van der Waals surface area contributed by atoms with E-state index in [0.717, 1.165) is 51.9 Å². The number of nitrogens with one attached hydrogen (secondary N) is 1. The summed E-state index contributed by atoms with van der Waals surface area (Å²) in [6.07, 6.45) is 5.81. The Kier molecular flexibility index (Phi) is 5.42. The van der Waals surface area contributed by atoms with Crippen LogP contribution in [0.3, 0.4) is 0 Å². The van der Waals surface area contributed by atoms with Crippen LogP contribution in [0.2, 0.25) is 0 Å². The second kappa shape index (κ2) is 7.98. The molecule has 3 heterocycles. The van der Waals surface area contributed by atoms with Crippen LogP contribution in [0.4, 0.5) is 0 Å². The maximum absolute atomic E-state index is 13.0. The maximum atomic E-state index is 13.0. The van der Waals surface area contributed by atoms with Gasteiger partial charge in [0.25, 0.3) is 0 Å². The molecule has 150 valence electrons. The van der Waals surface area contributed by atoms with Gasteiger partial charge in [0.15, 0.2) is 0 Å². The zero-order valence-electron chi connectivity index (χ0n) is 17.0. The van der Waals surface area contributed by atoms with Gasteiger partial charge < -0.3 is 14.8 Å². The van der Waals surface area contributed by atoms with Crippen molar-refractivity contribution in [3.8, 4) is 0 Å². The number of amides is 2. The molecule has 28 heavy (non-hydrogen) atoms. The summed E-state index contributed by atoms with van der Waals surface area (Å²) in [5, 5.41) is 1.31. The lowest BCUT2D eigenvalue weighted by molar-refractivity contribution is -0.142. The van der Waals surface area contributed by atoms with Gasteiger partial charge in [-0.05, 0) is 43.2 Å². The molecule has 5 nitrogen and oxygen atoms in total. The molecule has 2 aromatic rings. The lowest BCUT2D eigenvalue weighted by Gasteiger charge is -2.37. The van der Waals surface area contributed by atoms with Gasteiger partial charge in [-0.1, -0.05) is 32.0 Å². The van der Waals surface area contributed by atoms with Crippen LogP contribution in [0.15, 0.2) is 30.5 Å². The minimum Gasteiger partial charge on any atom is -0.361 e. The molecule has 0 spiro atoms. The highest BCUT2D eigenvalue weighted by Gasteiger charge is 2.33. The van der Waals surface area contributed by atoms with Crippen LogP contribution >= 0.6 is 0 Å². The molecule has 0 unspecified atom stereocenters. The number of carbonyl (C=O) groups excluding carboxylic acids is 2. The van der Waals surface area contributed by atoms with Crippen molar-refractivity contribution >= 4 is 22.7 Å². The molecule has 0 saturated carbocycles. The number of carbonyl (C=O) groups is 2. The Hall–Kier alpha value is -2.30. The number of aromatic amines is 1. The molecule has 2 aliphatic heterocycles. The van der Waals surface area contributed by atoms with Crippen molar-refractivity contribution in [2.45, 2.75) is 45.4 Å². The second-order valence-corrected chi connectivity index (χ2v) is 8.64. The topological polar surface area (TPSA) is 56.4 Å². The molecule has 2 saturated heterocycles. The Bertz CT molecular complexity index is 840. The number of likely N-dealkylation sites (tertiary alicyclic amines) is 2. The van der Waals surface area contributed by atoms with Crippen molar-refractivity contribution in [3.63, 3.8) is 0 Å². The van der Waals surface area contributed by atoms with Gasteiger partial charge in [-0.15, -0.1) is 0 Å². The van der Waals surface area contributed by atoms with Crippen molar-refractivity contribution in [2.75, 3.05) is 26.2 Å². The third kappa shape index (κ3) is 3.67. The van der Waals surface area contributed by atoms with Crippen molar-refractivity contribution < 1.29 is 9.59 Å². The predicted octanol–water partition coefficient (Wildman–Crippen LogP) is 3.77. The van der Waals surface area contributed by atoms with E-state index >= 15 is 0 Å². The summed E-state index contributed by atoms with van der Waals surface area (Å²) in [4.78, 5) is 32.5.